The molecular weight excluding hydrogens is 1780 g/mol. The molecular formula is C84H121N17O29S2. The molecule has 1 aliphatic heterocycles. The van der Waals surface area contributed by atoms with Gasteiger partial charge in [-0.15, -0.1) is 11.8 Å². The lowest BCUT2D eigenvalue weighted by Crippen LogP contribution is -2.63. The molecule has 48 heteroatoms. The highest BCUT2D eigenvalue weighted by Gasteiger charge is 2.41. The highest BCUT2D eigenvalue weighted by molar-refractivity contribution is 8.15. The number of nitrogens with two attached hydrogens (primary N) is 1. The van der Waals surface area contributed by atoms with Crippen LogP contribution in [0, 0.1) is 11.8 Å². The van der Waals surface area contributed by atoms with Gasteiger partial charge >= 0.3 is 17.9 Å². The summed E-state index contributed by atoms with van der Waals surface area (Å²) in [5.41, 5.74) is 6.48. The maximum Gasteiger partial charge on any atom is 0.305 e. The number of hydrogen-bond acceptors (Lipinski definition) is 29. The van der Waals surface area contributed by atoms with Crippen molar-refractivity contribution in [3.63, 3.8) is 0 Å². The Hall–Kier alpha value is -12.6. The minimum Gasteiger partial charge on any atom is -0.508 e. The molecule has 1 aliphatic rings. The summed E-state index contributed by atoms with van der Waals surface area (Å²) < 4.78 is 0. The smallest absolute Gasteiger partial charge is 0.305 e. The lowest BCUT2D eigenvalue weighted by atomic mass is 9.96. The van der Waals surface area contributed by atoms with Gasteiger partial charge in [-0.25, -0.2) is 0 Å². The molecule has 1 unspecified atom stereocenters. The lowest BCUT2D eigenvalue weighted by Gasteiger charge is -2.30. The van der Waals surface area contributed by atoms with Crippen LogP contribution in [0.3, 0.4) is 0 Å². The third-order valence-corrected chi connectivity index (χ3v) is 22.2. The van der Waals surface area contributed by atoms with E-state index in [1.54, 1.807) is 52.8 Å². The molecule has 0 radical (unpaired) electrons. The Balaban J connectivity index is 1.52. The number of phenolic OH excluding ortho intramolecular Hbond substituents is 2. The summed E-state index contributed by atoms with van der Waals surface area (Å²) in [7, 11) is 0. The van der Waals surface area contributed by atoms with Crippen molar-refractivity contribution in [2.75, 3.05) is 50.9 Å². The number of imide groups is 1. The molecule has 1 saturated heterocycles. The zero-order valence-electron chi connectivity index (χ0n) is 74.1. The van der Waals surface area contributed by atoms with Crippen LogP contribution in [0.5, 0.6) is 11.5 Å². The van der Waals surface area contributed by atoms with Gasteiger partial charge in [0, 0.05) is 44.8 Å². The maximum atomic E-state index is 14.7. The van der Waals surface area contributed by atoms with Crippen molar-refractivity contribution in [1.29, 1.82) is 0 Å². The van der Waals surface area contributed by atoms with E-state index < -0.39 is 284 Å². The summed E-state index contributed by atoms with van der Waals surface area (Å²) in [4.78, 5) is 270. The number of carboxylic acid groups (broad SMARTS) is 3. The molecule has 17 atom stereocenters. The van der Waals surface area contributed by atoms with E-state index in [4.69, 9.17) is 5.73 Å². The average molecular weight is 1900 g/mol. The van der Waals surface area contributed by atoms with Crippen LogP contribution < -0.4 is 85.5 Å². The fraction of sp³-hybridized carbons (Fsp3) is 0.548. The van der Waals surface area contributed by atoms with Crippen LogP contribution in [0.4, 0.5) is 4.79 Å². The van der Waals surface area contributed by atoms with E-state index in [0.717, 1.165) is 42.3 Å². The van der Waals surface area contributed by atoms with Crippen molar-refractivity contribution in [2.45, 2.75) is 228 Å². The molecule has 132 heavy (non-hydrogen) atoms. The molecule has 0 saturated carbocycles. The standard InChI is InChI=1S/C84H121N17O29S2/c1-9-43(4)68(80(126)94-56(34-50-20-24-52(107)25-21-50)74(120)90-54(31-42(2)3)73(119)92-58(35-66(113)114)72(118)88-44(5)15-13-14-28-85)99-79(125)61(39-103)96-75(121)55(33-49-18-22-51(106)23-19-49)91-76(122)59(36-67(115)116)93-78(124)60(38-102)97-82(128)70(46(7)105)100-77(123)57(32-48-16-11-10-12-17-48)95-81(127)69(45(6)104)98-62(108)37-87-71(117)53(26-27-65(111)112)89-64(110)41-131-40-63(109)86-29-30-101-83(129)47(8)132-84(101)130/h10-12,16-25,42-47,53-61,68-70,102-107H,9,13-15,26-41,85H2,1-8H3,(H,86,109)(H,87,117)(H,88,118)(H,89,110)(H,90,120)(H,91,122)(H,92,119)(H,93,124)(H,94,126)(H,95,127)(H,96,121)(H,97,128)(H,98,108)(H,99,125)(H,100,123)(H,111,112)(H,113,114)(H,115,116)/t43-,44+,45+,46+,47?,53-,54-,55-,56-,57-,58-,59-,60-,61-,68-,69-,70-/m0/s1. The first-order valence-electron chi connectivity index (χ1n) is 42.4. The van der Waals surface area contributed by atoms with Crippen LogP contribution >= 0.6 is 23.5 Å². The van der Waals surface area contributed by atoms with Gasteiger partial charge in [0.05, 0.1) is 61.6 Å². The monoisotopic (exact) mass is 1900 g/mol. The highest BCUT2D eigenvalue weighted by Crippen LogP contribution is 2.26. The Bertz CT molecular complexity index is 4480. The van der Waals surface area contributed by atoms with Crippen molar-refractivity contribution in [3.8, 4) is 11.5 Å². The fourth-order valence-corrected chi connectivity index (χ4v) is 14.4. The number of hydrogen-bond donors (Lipinski definition) is 25. The Morgan fingerprint density at radius 1 is 0.439 bits per heavy atom. The summed E-state index contributed by atoms with van der Waals surface area (Å²) in [6, 6.07) is -4.42. The number of aromatic hydroxyl groups is 2. The van der Waals surface area contributed by atoms with Gasteiger partial charge < -0.3 is 131 Å². The number of nitrogens with zero attached hydrogens (tertiary/aromatic N) is 1. The number of carbonyl (C=O) groups is 20. The molecule has 0 aromatic heterocycles. The summed E-state index contributed by atoms with van der Waals surface area (Å²) in [5, 5.41) is 127. The van der Waals surface area contributed by atoms with Gasteiger partial charge in [-0.2, -0.15) is 0 Å². The predicted octanol–water partition coefficient (Wildman–Crippen LogP) is -5.72. The Labute approximate surface area is 768 Å². The van der Waals surface area contributed by atoms with E-state index in [1.165, 1.54) is 67.6 Å². The number of nitrogens with one attached hydrogen (secondary N) is 15. The average Bonchev–Trinajstić information content (AvgIpc) is 1.30. The van der Waals surface area contributed by atoms with E-state index in [1.807, 2.05) is 0 Å². The second kappa shape index (κ2) is 56.8. The third-order valence-electron chi connectivity index (χ3n) is 20.3. The molecule has 3 aromatic rings. The zero-order chi connectivity index (χ0) is 98.8. The highest BCUT2D eigenvalue weighted by atomic mass is 32.2. The summed E-state index contributed by atoms with van der Waals surface area (Å²) in [6.07, 6.45) is -6.47. The van der Waals surface area contributed by atoms with E-state index in [2.05, 4.69) is 79.8 Å². The van der Waals surface area contributed by atoms with Gasteiger partial charge in [0.2, 0.25) is 94.5 Å². The molecule has 0 bridgehead atoms. The number of amides is 17. The van der Waals surface area contributed by atoms with Crippen LogP contribution in [-0.4, -0.2) is 315 Å². The predicted molar refractivity (Wildman–Crippen MR) is 473 cm³/mol. The number of thioether (sulfide) groups is 2. The van der Waals surface area contributed by atoms with Crippen LogP contribution in [0.1, 0.15) is 130 Å². The SMILES string of the molecule is CC[C@H](C)[C@H](NC(=O)[C@H](CO)NC(=O)[C@H](Cc1ccc(O)cc1)NC(=O)[C@H](CC(=O)O)NC(=O)[C@H](CO)NC(=O)[C@@H](NC(=O)[C@H](Cc1ccccc1)NC(=O)[C@@H](NC(=O)CNC(=O)[C@H](CCC(=O)O)NC(=O)CSCC(=O)NCCN1C(=O)SC(C)C1=O)[C@@H](C)O)[C@@H](C)O)C(=O)N[C@@H](Cc1ccc(O)cc1)C(=O)N[C@@H](CC(C)C)C(=O)N[C@@H](CC(=O)O)C(=O)N[C@H](C)CCCCN. The minimum atomic E-state index is -2.23. The molecule has 1 heterocycles. The number of carboxylic acids is 3. The number of benzene rings is 3. The number of unbranched alkanes of at least 4 members (excludes halogenated alkanes) is 1. The number of carbonyl (C=O) groups excluding carboxylic acids is 17. The first kappa shape index (κ1) is 112. The van der Waals surface area contributed by atoms with E-state index in [0.29, 0.717) is 36.9 Å². The zero-order valence-corrected chi connectivity index (χ0v) is 75.7. The van der Waals surface area contributed by atoms with E-state index in [9.17, 15) is 142 Å². The normalized spacial score (nSPS) is 16.0. The molecule has 3 aromatic carbocycles. The van der Waals surface area contributed by atoms with Crippen LogP contribution in [0.15, 0.2) is 78.9 Å². The number of aliphatic hydroxyl groups excluding tert-OH is 4. The molecule has 4 rings (SSSR count). The van der Waals surface area contributed by atoms with Gasteiger partial charge in [0.1, 0.15) is 84.0 Å². The number of phenols is 2. The molecule has 17 amide bonds. The number of aliphatic hydroxyl groups is 4. The number of rotatable bonds is 59. The van der Waals surface area contributed by atoms with Crippen molar-refractivity contribution in [2.24, 2.45) is 17.6 Å². The van der Waals surface area contributed by atoms with Gasteiger partial charge in [0.15, 0.2) is 0 Å². The Morgan fingerprint density at radius 3 is 1.31 bits per heavy atom. The molecule has 46 nitrogen and oxygen atoms in total. The van der Waals surface area contributed by atoms with Crippen molar-refractivity contribution >= 4 is 141 Å². The van der Waals surface area contributed by atoms with E-state index in [-0.39, 0.29) is 61.1 Å². The maximum absolute atomic E-state index is 14.7. The Kier molecular flexibility index (Phi) is 48.1. The summed E-state index contributed by atoms with van der Waals surface area (Å²) >= 11 is 1.63. The van der Waals surface area contributed by atoms with Crippen molar-refractivity contribution in [1.82, 2.24) is 84.7 Å². The molecule has 0 aliphatic carbocycles. The molecule has 728 valence electrons. The fourth-order valence-electron chi connectivity index (χ4n) is 12.9. The third kappa shape index (κ3) is 39.6. The van der Waals surface area contributed by atoms with Gasteiger partial charge in [0.25, 0.3) is 5.24 Å². The van der Waals surface area contributed by atoms with Gasteiger partial charge in [-0.3, -0.25) is 101 Å². The molecule has 0 spiro atoms. The van der Waals surface area contributed by atoms with Crippen LogP contribution in [0.25, 0.3) is 0 Å². The van der Waals surface area contributed by atoms with Crippen molar-refractivity contribution in [3.05, 3.63) is 95.6 Å². The lowest BCUT2D eigenvalue weighted by molar-refractivity contribution is -0.142. The topological polar surface area (TPSA) is 733 Å². The molecule has 1 fully saturated rings. The van der Waals surface area contributed by atoms with Crippen LogP contribution in [0.2, 0.25) is 0 Å². The second-order valence-corrected chi connectivity index (χ2v) is 34.1. The van der Waals surface area contributed by atoms with Crippen molar-refractivity contribution < 1.29 is 142 Å². The first-order valence-corrected chi connectivity index (χ1v) is 44.4. The van der Waals surface area contributed by atoms with Gasteiger partial charge in [-0.05, 0) is 113 Å². The van der Waals surface area contributed by atoms with Gasteiger partial charge in [-0.1, -0.05) is 107 Å². The van der Waals surface area contributed by atoms with Crippen LogP contribution in [-0.2, 0) is 110 Å². The second-order valence-electron chi connectivity index (χ2n) is 31.8. The Morgan fingerprint density at radius 2 is 0.848 bits per heavy atom. The largest absolute Gasteiger partial charge is 0.508 e. The summed E-state index contributed by atoms with van der Waals surface area (Å²) in [6.45, 7) is 8.53. The minimum absolute atomic E-state index is 0.0783. The summed E-state index contributed by atoms with van der Waals surface area (Å²) in [5.74, 6) is -24.2. The molecule has 26 N–H and O–H groups in total. The van der Waals surface area contributed by atoms with E-state index >= 15 is 0 Å². The number of aliphatic carboxylic acids is 3. The first-order chi connectivity index (χ1) is 62.3. The quantitative estimate of drug-likeness (QED) is 0.0234.